The predicted molar refractivity (Wildman–Crippen MR) is 40.3 cm³/mol. The SMILES string of the molecule is C#CC(=O)NCC(OC)C(=O)O. The highest BCUT2D eigenvalue weighted by atomic mass is 16.5. The van der Waals surface area contributed by atoms with Crippen molar-refractivity contribution in [3.8, 4) is 12.3 Å². The number of ether oxygens (including phenoxy) is 1. The van der Waals surface area contributed by atoms with Gasteiger partial charge >= 0.3 is 5.97 Å². The maximum atomic E-state index is 10.5. The van der Waals surface area contributed by atoms with Crippen molar-refractivity contribution < 1.29 is 19.4 Å². The summed E-state index contributed by atoms with van der Waals surface area (Å²) in [6.07, 6.45) is 3.67. The lowest BCUT2D eigenvalue weighted by molar-refractivity contribution is -0.148. The first-order valence-electron chi connectivity index (χ1n) is 3.11. The van der Waals surface area contributed by atoms with E-state index in [0.717, 1.165) is 0 Å². The molecule has 0 saturated carbocycles. The molecule has 0 rings (SSSR count). The molecule has 1 atom stereocenters. The van der Waals surface area contributed by atoms with E-state index in [1.54, 1.807) is 5.92 Å². The van der Waals surface area contributed by atoms with Gasteiger partial charge in [-0.1, -0.05) is 0 Å². The lowest BCUT2D eigenvalue weighted by Crippen LogP contribution is -2.37. The molecule has 5 heteroatoms. The Morgan fingerprint density at radius 1 is 1.75 bits per heavy atom. The number of carboxylic acids is 1. The molecule has 1 unspecified atom stereocenters. The van der Waals surface area contributed by atoms with Crippen LogP contribution < -0.4 is 5.32 Å². The lowest BCUT2D eigenvalue weighted by Gasteiger charge is -2.09. The van der Waals surface area contributed by atoms with E-state index in [1.807, 2.05) is 0 Å². The van der Waals surface area contributed by atoms with Crippen molar-refractivity contribution in [3.63, 3.8) is 0 Å². The Labute approximate surface area is 69.7 Å². The van der Waals surface area contributed by atoms with Crippen LogP contribution in [0, 0.1) is 12.3 Å². The van der Waals surface area contributed by atoms with E-state index in [-0.39, 0.29) is 6.54 Å². The number of rotatable bonds is 4. The van der Waals surface area contributed by atoms with E-state index in [1.165, 1.54) is 7.11 Å². The normalized spacial score (nSPS) is 11.3. The van der Waals surface area contributed by atoms with Crippen LogP contribution in [0.3, 0.4) is 0 Å². The Hall–Kier alpha value is -1.54. The number of hydrogen-bond acceptors (Lipinski definition) is 3. The number of aliphatic carboxylic acids is 1. The van der Waals surface area contributed by atoms with Crippen LogP contribution in [0.2, 0.25) is 0 Å². The van der Waals surface area contributed by atoms with Crippen LogP contribution in [0.25, 0.3) is 0 Å². The minimum absolute atomic E-state index is 0.130. The predicted octanol–water partition coefficient (Wildman–Crippen LogP) is -1.16. The van der Waals surface area contributed by atoms with Gasteiger partial charge in [0.1, 0.15) is 0 Å². The van der Waals surface area contributed by atoms with Gasteiger partial charge in [0.15, 0.2) is 6.10 Å². The zero-order valence-corrected chi connectivity index (χ0v) is 6.53. The fraction of sp³-hybridized carbons (Fsp3) is 0.429. The zero-order valence-electron chi connectivity index (χ0n) is 6.53. The summed E-state index contributed by atoms with van der Waals surface area (Å²) in [5.74, 6) is -0.0132. The van der Waals surface area contributed by atoms with Crippen LogP contribution in [-0.2, 0) is 14.3 Å². The van der Waals surface area contributed by atoms with Crippen LogP contribution >= 0.6 is 0 Å². The van der Waals surface area contributed by atoms with Crippen molar-refractivity contribution in [1.82, 2.24) is 5.32 Å². The highest BCUT2D eigenvalue weighted by molar-refractivity contribution is 5.93. The summed E-state index contributed by atoms with van der Waals surface area (Å²) in [6.45, 7) is -0.130. The molecule has 0 spiro atoms. The number of nitrogens with one attached hydrogen (secondary N) is 1. The molecule has 5 nitrogen and oxygen atoms in total. The van der Waals surface area contributed by atoms with Crippen molar-refractivity contribution in [2.24, 2.45) is 0 Å². The van der Waals surface area contributed by atoms with Crippen molar-refractivity contribution in [3.05, 3.63) is 0 Å². The van der Waals surface area contributed by atoms with E-state index >= 15 is 0 Å². The van der Waals surface area contributed by atoms with E-state index in [4.69, 9.17) is 11.5 Å². The first kappa shape index (κ1) is 10.5. The smallest absolute Gasteiger partial charge is 0.334 e. The molecule has 2 N–H and O–H groups in total. The molecule has 0 bridgehead atoms. The number of hydrogen-bond donors (Lipinski definition) is 2. The van der Waals surface area contributed by atoms with E-state index < -0.39 is 18.0 Å². The molecule has 0 aromatic rings. The van der Waals surface area contributed by atoms with E-state index in [9.17, 15) is 9.59 Å². The second-order valence-electron chi connectivity index (χ2n) is 1.92. The summed E-state index contributed by atoms with van der Waals surface area (Å²) in [4.78, 5) is 20.8. The van der Waals surface area contributed by atoms with Gasteiger partial charge in [0.05, 0.1) is 6.54 Å². The van der Waals surface area contributed by atoms with Gasteiger partial charge in [0, 0.05) is 7.11 Å². The first-order chi connectivity index (χ1) is 5.61. The molecule has 0 aliphatic carbocycles. The van der Waals surface area contributed by atoms with Crippen molar-refractivity contribution in [1.29, 1.82) is 0 Å². The molecule has 0 aromatic carbocycles. The number of amides is 1. The monoisotopic (exact) mass is 171 g/mol. The zero-order chi connectivity index (χ0) is 9.56. The number of carbonyl (C=O) groups is 2. The van der Waals surface area contributed by atoms with Crippen molar-refractivity contribution in [2.45, 2.75) is 6.10 Å². The highest BCUT2D eigenvalue weighted by Crippen LogP contribution is 1.86. The Balaban J connectivity index is 3.83. The van der Waals surface area contributed by atoms with Gasteiger partial charge in [0.2, 0.25) is 0 Å². The molecule has 1 amide bonds. The molecule has 0 aliphatic rings. The standard InChI is InChI=1S/C7H9NO4/c1-3-6(9)8-4-5(12-2)7(10)11/h1,5H,4H2,2H3,(H,8,9)(H,10,11). The number of carboxylic acid groups (broad SMARTS) is 1. The Morgan fingerprint density at radius 3 is 2.67 bits per heavy atom. The first-order valence-corrected chi connectivity index (χ1v) is 3.11. The van der Waals surface area contributed by atoms with E-state index in [2.05, 4.69) is 10.1 Å². The summed E-state index contributed by atoms with van der Waals surface area (Å²) in [7, 11) is 1.24. The molecule has 0 heterocycles. The summed E-state index contributed by atoms with van der Waals surface area (Å²) in [6, 6.07) is 0. The number of carbonyl (C=O) groups excluding carboxylic acids is 1. The summed E-state index contributed by atoms with van der Waals surface area (Å²) < 4.78 is 4.52. The highest BCUT2D eigenvalue weighted by Gasteiger charge is 2.16. The average molecular weight is 171 g/mol. The molecule has 0 aliphatic heterocycles. The van der Waals surface area contributed by atoms with Gasteiger partial charge in [-0.15, -0.1) is 6.42 Å². The number of terminal acetylenes is 1. The quantitative estimate of drug-likeness (QED) is 0.523. The third-order valence-electron chi connectivity index (χ3n) is 1.14. The number of methoxy groups -OCH3 is 1. The van der Waals surface area contributed by atoms with Crippen LogP contribution in [0.15, 0.2) is 0 Å². The van der Waals surface area contributed by atoms with Crippen molar-refractivity contribution in [2.75, 3.05) is 13.7 Å². The molecule has 0 saturated heterocycles. The molecule has 66 valence electrons. The van der Waals surface area contributed by atoms with Gasteiger partial charge < -0.3 is 15.2 Å². The molecule has 12 heavy (non-hydrogen) atoms. The summed E-state index contributed by atoms with van der Waals surface area (Å²) in [5.41, 5.74) is 0. The van der Waals surface area contributed by atoms with Crippen LogP contribution in [0.1, 0.15) is 0 Å². The minimum Gasteiger partial charge on any atom is -0.479 e. The summed E-state index contributed by atoms with van der Waals surface area (Å²) >= 11 is 0. The van der Waals surface area contributed by atoms with Gasteiger partial charge in [-0.2, -0.15) is 0 Å². The van der Waals surface area contributed by atoms with Gasteiger partial charge in [-0.25, -0.2) is 4.79 Å². The fourth-order valence-electron chi connectivity index (χ4n) is 0.508. The molecule has 0 fully saturated rings. The molecular weight excluding hydrogens is 162 g/mol. The third-order valence-corrected chi connectivity index (χ3v) is 1.14. The maximum Gasteiger partial charge on any atom is 0.334 e. The van der Waals surface area contributed by atoms with Gasteiger partial charge in [-0.3, -0.25) is 4.79 Å². The molecule has 0 radical (unpaired) electrons. The Bertz CT molecular complexity index is 218. The van der Waals surface area contributed by atoms with Crippen molar-refractivity contribution >= 4 is 11.9 Å². The third kappa shape index (κ3) is 3.58. The lowest BCUT2D eigenvalue weighted by atomic mass is 10.3. The Kier molecular flexibility index (Phi) is 4.49. The molecular formula is C7H9NO4. The maximum absolute atomic E-state index is 10.5. The van der Waals surface area contributed by atoms with Crippen LogP contribution in [0.4, 0.5) is 0 Å². The second kappa shape index (κ2) is 5.16. The largest absolute Gasteiger partial charge is 0.479 e. The summed E-state index contributed by atoms with van der Waals surface area (Å²) in [5, 5.41) is 10.6. The van der Waals surface area contributed by atoms with Crippen LogP contribution in [0.5, 0.6) is 0 Å². The van der Waals surface area contributed by atoms with Gasteiger partial charge in [-0.05, 0) is 5.92 Å². The minimum atomic E-state index is -1.14. The average Bonchev–Trinajstić information content (AvgIpc) is 2.04. The topological polar surface area (TPSA) is 75.6 Å². The molecule has 0 aromatic heterocycles. The Morgan fingerprint density at radius 2 is 2.33 bits per heavy atom. The fourth-order valence-corrected chi connectivity index (χ4v) is 0.508. The second-order valence-corrected chi connectivity index (χ2v) is 1.92. The van der Waals surface area contributed by atoms with E-state index in [0.29, 0.717) is 0 Å². The van der Waals surface area contributed by atoms with Gasteiger partial charge in [0.25, 0.3) is 5.91 Å². The van der Waals surface area contributed by atoms with Crippen LogP contribution in [-0.4, -0.2) is 36.7 Å².